The van der Waals surface area contributed by atoms with Crippen molar-refractivity contribution in [1.29, 1.82) is 0 Å². The summed E-state index contributed by atoms with van der Waals surface area (Å²) in [6, 6.07) is 0. The van der Waals surface area contributed by atoms with Gasteiger partial charge in [0.2, 0.25) is 0 Å². The molecule has 0 aliphatic carbocycles. The molecule has 1 saturated heterocycles. The Morgan fingerprint density at radius 3 is 2.59 bits per heavy atom. The zero-order valence-electron chi connectivity index (χ0n) is 9.74. The Bertz CT molecular complexity index is 255. The van der Waals surface area contributed by atoms with Crippen LogP contribution in [0.25, 0.3) is 0 Å². The van der Waals surface area contributed by atoms with Crippen molar-refractivity contribution >= 4 is 5.97 Å². The fourth-order valence-corrected chi connectivity index (χ4v) is 1.71. The van der Waals surface area contributed by atoms with Crippen molar-refractivity contribution < 1.29 is 34.3 Å². The molecule has 1 aliphatic heterocycles. The molecule has 5 unspecified atom stereocenters. The topological polar surface area (TPSA) is 108 Å². The lowest BCUT2D eigenvalue weighted by atomic mass is 9.91. The third-order valence-electron chi connectivity index (χ3n) is 2.80. The molecule has 0 amide bonds. The summed E-state index contributed by atoms with van der Waals surface area (Å²) < 4.78 is 15.1. The van der Waals surface area contributed by atoms with E-state index in [-0.39, 0.29) is 6.61 Å². The molecule has 0 aromatic heterocycles. The second kappa shape index (κ2) is 6.27. The molecular weight excluding hydrogens is 232 g/mol. The maximum Gasteiger partial charge on any atom is 0.186 e. The molecule has 2 N–H and O–H groups in total. The van der Waals surface area contributed by atoms with Crippen molar-refractivity contribution in [3.8, 4) is 0 Å². The number of hydrogen-bond acceptors (Lipinski definition) is 7. The first-order valence-corrected chi connectivity index (χ1v) is 5.29. The molecule has 0 bridgehead atoms. The lowest BCUT2D eigenvalue weighted by Crippen LogP contribution is -2.55. The van der Waals surface area contributed by atoms with E-state index in [0.717, 1.165) is 0 Å². The van der Waals surface area contributed by atoms with Gasteiger partial charge in [-0.15, -0.1) is 0 Å². The number of carbonyl (C=O) groups excluding carboxylic acids is 1. The predicted octanol–water partition coefficient (Wildman–Crippen LogP) is -2.52. The van der Waals surface area contributed by atoms with Gasteiger partial charge in [0.1, 0.15) is 6.10 Å². The van der Waals surface area contributed by atoms with E-state index in [0.29, 0.717) is 0 Å². The largest absolute Gasteiger partial charge is 0.548 e. The molecule has 1 aliphatic rings. The monoisotopic (exact) mass is 249 g/mol. The lowest BCUT2D eigenvalue weighted by Gasteiger charge is -2.40. The highest BCUT2D eigenvalue weighted by Crippen LogP contribution is 2.26. The van der Waals surface area contributed by atoms with Gasteiger partial charge in [0.15, 0.2) is 6.29 Å². The molecule has 0 aromatic rings. The first kappa shape index (κ1) is 14.3. The summed E-state index contributed by atoms with van der Waals surface area (Å²) in [5.74, 6) is -1.71. The number of aliphatic carboxylic acids is 1. The van der Waals surface area contributed by atoms with E-state index in [1.54, 1.807) is 6.92 Å². The van der Waals surface area contributed by atoms with Crippen molar-refractivity contribution in [2.75, 3.05) is 20.3 Å². The summed E-state index contributed by atoms with van der Waals surface area (Å²) in [6.07, 6.45) is -3.63. The molecule has 17 heavy (non-hydrogen) atoms. The van der Waals surface area contributed by atoms with Gasteiger partial charge in [-0.1, -0.05) is 6.92 Å². The molecule has 1 fully saturated rings. The zero-order chi connectivity index (χ0) is 13.0. The molecule has 7 heteroatoms. The van der Waals surface area contributed by atoms with Gasteiger partial charge in [0.25, 0.3) is 0 Å². The number of carboxylic acids is 1. The van der Waals surface area contributed by atoms with Crippen LogP contribution in [0.3, 0.4) is 0 Å². The molecule has 7 nitrogen and oxygen atoms in total. The average Bonchev–Trinajstić information content (AvgIpc) is 2.29. The van der Waals surface area contributed by atoms with Crippen molar-refractivity contribution in [1.82, 2.24) is 0 Å². The third kappa shape index (κ3) is 3.62. The van der Waals surface area contributed by atoms with Crippen LogP contribution in [0.2, 0.25) is 0 Å². The number of methoxy groups -OCH3 is 1. The molecule has 0 spiro atoms. The first-order valence-electron chi connectivity index (χ1n) is 5.29. The van der Waals surface area contributed by atoms with Crippen LogP contribution in [0.5, 0.6) is 0 Å². The van der Waals surface area contributed by atoms with Crippen LogP contribution in [-0.2, 0) is 19.0 Å². The van der Waals surface area contributed by atoms with E-state index in [1.807, 2.05) is 0 Å². The Balaban J connectivity index is 2.50. The Morgan fingerprint density at radius 1 is 1.41 bits per heavy atom. The summed E-state index contributed by atoms with van der Waals surface area (Å²) in [5.41, 5.74) is 0. The standard InChI is InChI=1S/C10H18O7/c1-5-6(3-16-4-7(11)12)17-10(15-2)9(14)8(5)13/h5-6,8-10,13-14H,3-4H2,1-2H3,(H,11,12)/p-1. The number of carbonyl (C=O) groups is 1. The Labute approximate surface area is 98.9 Å². The summed E-state index contributed by atoms with van der Waals surface area (Å²) in [4.78, 5) is 10.2. The van der Waals surface area contributed by atoms with E-state index < -0.39 is 43.1 Å². The predicted molar refractivity (Wildman–Crippen MR) is 52.7 cm³/mol. The molecule has 1 rings (SSSR count). The van der Waals surface area contributed by atoms with Crippen molar-refractivity contribution in [3.05, 3.63) is 0 Å². The van der Waals surface area contributed by atoms with Crippen molar-refractivity contribution in [3.63, 3.8) is 0 Å². The highest BCUT2D eigenvalue weighted by molar-refractivity contribution is 5.65. The Morgan fingerprint density at radius 2 is 2.06 bits per heavy atom. The highest BCUT2D eigenvalue weighted by Gasteiger charge is 2.42. The van der Waals surface area contributed by atoms with Gasteiger partial charge in [0, 0.05) is 13.0 Å². The summed E-state index contributed by atoms with van der Waals surface area (Å²) >= 11 is 0. The van der Waals surface area contributed by atoms with Gasteiger partial charge in [-0.3, -0.25) is 0 Å². The molecule has 1 heterocycles. The maximum absolute atomic E-state index is 10.2. The average molecular weight is 249 g/mol. The van der Waals surface area contributed by atoms with Crippen LogP contribution in [0.1, 0.15) is 6.92 Å². The van der Waals surface area contributed by atoms with Crippen molar-refractivity contribution in [2.45, 2.75) is 31.5 Å². The van der Waals surface area contributed by atoms with Crippen LogP contribution in [0.4, 0.5) is 0 Å². The number of rotatable bonds is 5. The van der Waals surface area contributed by atoms with E-state index in [1.165, 1.54) is 7.11 Å². The molecular formula is C10H17O7-. The van der Waals surface area contributed by atoms with E-state index >= 15 is 0 Å². The fourth-order valence-electron chi connectivity index (χ4n) is 1.71. The smallest absolute Gasteiger partial charge is 0.186 e. The SMILES string of the molecule is COC1OC(COCC(=O)[O-])C(C)C(O)C1O. The van der Waals surface area contributed by atoms with Crippen LogP contribution < -0.4 is 5.11 Å². The molecule has 0 aromatic carbocycles. The summed E-state index contributed by atoms with van der Waals surface area (Å²) in [6.45, 7) is 1.12. The van der Waals surface area contributed by atoms with Crippen LogP contribution in [0.15, 0.2) is 0 Å². The third-order valence-corrected chi connectivity index (χ3v) is 2.80. The highest BCUT2D eigenvalue weighted by atomic mass is 16.7. The second-order valence-corrected chi connectivity index (χ2v) is 4.01. The van der Waals surface area contributed by atoms with Crippen LogP contribution >= 0.6 is 0 Å². The second-order valence-electron chi connectivity index (χ2n) is 4.01. The van der Waals surface area contributed by atoms with Gasteiger partial charge in [-0.05, 0) is 0 Å². The van der Waals surface area contributed by atoms with Gasteiger partial charge in [0.05, 0.1) is 31.4 Å². The van der Waals surface area contributed by atoms with Gasteiger partial charge >= 0.3 is 0 Å². The number of hydrogen-bond donors (Lipinski definition) is 2. The molecule has 0 saturated carbocycles. The minimum Gasteiger partial charge on any atom is -0.548 e. The Kier molecular flexibility index (Phi) is 5.29. The Hall–Kier alpha value is -0.730. The lowest BCUT2D eigenvalue weighted by molar-refractivity contribution is -0.312. The minimum atomic E-state index is -1.32. The number of carboxylic acid groups (broad SMARTS) is 1. The molecule has 5 atom stereocenters. The quantitative estimate of drug-likeness (QED) is 0.553. The van der Waals surface area contributed by atoms with E-state index in [2.05, 4.69) is 0 Å². The molecule has 100 valence electrons. The summed E-state index contributed by atoms with van der Waals surface area (Å²) in [5, 5.41) is 29.5. The van der Waals surface area contributed by atoms with Crippen LogP contribution in [-0.4, -0.2) is 61.1 Å². The van der Waals surface area contributed by atoms with Gasteiger partial charge < -0.3 is 34.3 Å². The fraction of sp³-hybridized carbons (Fsp3) is 0.900. The normalized spacial score (nSPS) is 38.0. The number of aliphatic hydroxyl groups is 2. The number of ether oxygens (including phenoxy) is 3. The van der Waals surface area contributed by atoms with Gasteiger partial charge in [-0.2, -0.15) is 0 Å². The van der Waals surface area contributed by atoms with Gasteiger partial charge in [-0.25, -0.2) is 0 Å². The summed E-state index contributed by atoms with van der Waals surface area (Å²) in [7, 11) is 1.34. The van der Waals surface area contributed by atoms with Crippen molar-refractivity contribution in [2.24, 2.45) is 5.92 Å². The first-order chi connectivity index (χ1) is 7.97. The minimum absolute atomic E-state index is 0.0151. The number of aliphatic hydroxyl groups excluding tert-OH is 2. The maximum atomic E-state index is 10.2. The van der Waals surface area contributed by atoms with Crippen LogP contribution in [0, 0.1) is 5.92 Å². The van der Waals surface area contributed by atoms with E-state index in [9.17, 15) is 20.1 Å². The molecule has 0 radical (unpaired) electrons. The zero-order valence-corrected chi connectivity index (χ0v) is 9.74. The van der Waals surface area contributed by atoms with E-state index in [4.69, 9.17) is 14.2 Å².